The number of ether oxygens (including phenoxy) is 1. The predicted octanol–water partition coefficient (Wildman–Crippen LogP) is 2.57. The number of aryl methyl sites for hydroxylation is 2. The molecule has 0 aliphatic rings. The summed E-state index contributed by atoms with van der Waals surface area (Å²) in [7, 11) is 0. The summed E-state index contributed by atoms with van der Waals surface area (Å²) >= 11 is 0. The third kappa shape index (κ3) is 4.10. The van der Waals surface area contributed by atoms with Gasteiger partial charge in [-0.2, -0.15) is 5.43 Å². The van der Waals surface area contributed by atoms with E-state index in [4.69, 9.17) is 4.74 Å². The first-order valence-corrected chi connectivity index (χ1v) is 6.44. The van der Waals surface area contributed by atoms with E-state index >= 15 is 0 Å². The van der Waals surface area contributed by atoms with Gasteiger partial charge in [0.25, 0.3) is 5.91 Å². The second-order valence-electron chi connectivity index (χ2n) is 4.61. The molecule has 0 fully saturated rings. The van der Waals surface area contributed by atoms with E-state index in [0.717, 1.165) is 16.9 Å². The first-order valence-electron chi connectivity index (χ1n) is 6.44. The molecule has 20 heavy (non-hydrogen) atoms. The van der Waals surface area contributed by atoms with Crippen molar-refractivity contribution in [2.45, 2.75) is 13.8 Å². The number of carbonyl (C=O) groups is 1. The molecule has 0 bridgehead atoms. The number of amides is 1. The van der Waals surface area contributed by atoms with Crippen LogP contribution in [0.2, 0.25) is 0 Å². The van der Waals surface area contributed by atoms with E-state index in [-0.39, 0.29) is 12.6 Å². The zero-order valence-corrected chi connectivity index (χ0v) is 11.6. The maximum Gasteiger partial charge on any atom is 0.265 e. The van der Waals surface area contributed by atoms with Crippen LogP contribution in [-0.2, 0) is 0 Å². The summed E-state index contributed by atoms with van der Waals surface area (Å²) in [5.41, 5.74) is 8.15. The Morgan fingerprint density at radius 1 is 1.05 bits per heavy atom. The van der Waals surface area contributed by atoms with Crippen LogP contribution in [0.5, 0.6) is 5.75 Å². The SMILES string of the molecule is Cc1cccc(OCNNC(=O)c2cccc(C)c2)c1. The highest BCUT2D eigenvalue weighted by atomic mass is 16.5. The van der Waals surface area contributed by atoms with Crippen molar-refractivity contribution in [1.29, 1.82) is 0 Å². The molecule has 2 rings (SSSR count). The van der Waals surface area contributed by atoms with Gasteiger partial charge in [-0.15, -0.1) is 0 Å². The lowest BCUT2D eigenvalue weighted by Crippen LogP contribution is -2.39. The van der Waals surface area contributed by atoms with E-state index in [1.54, 1.807) is 6.07 Å². The van der Waals surface area contributed by atoms with Crippen LogP contribution in [0.15, 0.2) is 48.5 Å². The van der Waals surface area contributed by atoms with Gasteiger partial charge in [0.05, 0.1) is 0 Å². The van der Waals surface area contributed by atoms with Gasteiger partial charge in [0, 0.05) is 5.56 Å². The summed E-state index contributed by atoms with van der Waals surface area (Å²) in [5.74, 6) is 0.587. The number of rotatable bonds is 5. The van der Waals surface area contributed by atoms with Crippen LogP contribution >= 0.6 is 0 Å². The average molecular weight is 270 g/mol. The normalized spacial score (nSPS) is 10.1. The molecule has 0 spiro atoms. The van der Waals surface area contributed by atoms with Crippen molar-refractivity contribution in [2.75, 3.05) is 6.73 Å². The van der Waals surface area contributed by atoms with Crippen molar-refractivity contribution in [3.05, 3.63) is 65.2 Å². The molecule has 0 atom stereocenters. The van der Waals surface area contributed by atoms with Crippen molar-refractivity contribution >= 4 is 5.91 Å². The van der Waals surface area contributed by atoms with Crippen LogP contribution < -0.4 is 15.6 Å². The van der Waals surface area contributed by atoms with Crippen molar-refractivity contribution < 1.29 is 9.53 Å². The molecule has 0 saturated heterocycles. The van der Waals surface area contributed by atoms with Crippen molar-refractivity contribution in [1.82, 2.24) is 10.9 Å². The second-order valence-corrected chi connectivity index (χ2v) is 4.61. The van der Waals surface area contributed by atoms with Gasteiger partial charge < -0.3 is 4.74 Å². The Bertz CT molecular complexity index is 597. The molecule has 104 valence electrons. The minimum absolute atomic E-state index is 0.179. The molecule has 2 aromatic carbocycles. The number of hydrogen-bond acceptors (Lipinski definition) is 3. The molecule has 1 amide bonds. The summed E-state index contributed by atoms with van der Waals surface area (Å²) in [6.45, 7) is 4.16. The number of nitrogens with one attached hydrogen (secondary N) is 2. The first kappa shape index (κ1) is 14.1. The van der Waals surface area contributed by atoms with E-state index < -0.39 is 0 Å². The number of carbonyl (C=O) groups excluding carboxylic acids is 1. The minimum atomic E-state index is -0.179. The Hall–Kier alpha value is -2.33. The summed E-state index contributed by atoms with van der Waals surface area (Å²) in [6.07, 6.45) is 0. The molecule has 0 aromatic heterocycles. The quantitative estimate of drug-likeness (QED) is 0.499. The fourth-order valence-corrected chi connectivity index (χ4v) is 1.80. The van der Waals surface area contributed by atoms with E-state index in [1.165, 1.54) is 0 Å². The Morgan fingerprint density at radius 2 is 1.75 bits per heavy atom. The molecule has 0 aliphatic heterocycles. The van der Waals surface area contributed by atoms with Gasteiger partial charge in [0.1, 0.15) is 5.75 Å². The molecule has 2 aromatic rings. The Balaban J connectivity index is 1.77. The third-order valence-corrected chi connectivity index (χ3v) is 2.78. The molecular formula is C16H18N2O2. The Kier molecular flexibility index (Phi) is 4.74. The molecular weight excluding hydrogens is 252 g/mol. The highest BCUT2D eigenvalue weighted by Crippen LogP contribution is 2.11. The van der Waals surface area contributed by atoms with Gasteiger partial charge in [-0.25, -0.2) is 0 Å². The zero-order valence-electron chi connectivity index (χ0n) is 11.6. The zero-order chi connectivity index (χ0) is 14.4. The van der Waals surface area contributed by atoms with Gasteiger partial charge in [0.15, 0.2) is 6.73 Å². The topological polar surface area (TPSA) is 50.4 Å². The van der Waals surface area contributed by atoms with Crippen molar-refractivity contribution in [3.63, 3.8) is 0 Å². The molecule has 0 radical (unpaired) electrons. The largest absolute Gasteiger partial charge is 0.477 e. The maximum absolute atomic E-state index is 11.8. The smallest absolute Gasteiger partial charge is 0.265 e. The molecule has 0 saturated carbocycles. The van der Waals surface area contributed by atoms with E-state index in [2.05, 4.69) is 10.9 Å². The Morgan fingerprint density at radius 3 is 2.45 bits per heavy atom. The predicted molar refractivity (Wildman–Crippen MR) is 78.5 cm³/mol. The van der Waals surface area contributed by atoms with Gasteiger partial charge in [-0.1, -0.05) is 29.8 Å². The number of benzene rings is 2. The number of hydrogen-bond donors (Lipinski definition) is 2. The van der Waals surface area contributed by atoms with Crippen LogP contribution in [0.25, 0.3) is 0 Å². The minimum Gasteiger partial charge on any atom is -0.477 e. The highest BCUT2D eigenvalue weighted by Gasteiger charge is 2.04. The van der Waals surface area contributed by atoms with Crippen LogP contribution in [0.1, 0.15) is 21.5 Å². The van der Waals surface area contributed by atoms with Gasteiger partial charge in [-0.3, -0.25) is 10.2 Å². The molecule has 2 N–H and O–H groups in total. The van der Waals surface area contributed by atoms with E-state index in [0.29, 0.717) is 5.56 Å². The average Bonchev–Trinajstić information content (AvgIpc) is 2.43. The van der Waals surface area contributed by atoms with E-state index in [9.17, 15) is 4.79 Å². The lowest BCUT2D eigenvalue weighted by Gasteiger charge is -2.10. The molecule has 4 heteroatoms. The van der Waals surface area contributed by atoms with Crippen molar-refractivity contribution in [3.8, 4) is 5.75 Å². The maximum atomic E-state index is 11.8. The van der Waals surface area contributed by atoms with Gasteiger partial charge in [0.2, 0.25) is 0 Å². The van der Waals surface area contributed by atoms with Gasteiger partial charge >= 0.3 is 0 Å². The Labute approximate surface area is 118 Å². The van der Waals surface area contributed by atoms with Crippen LogP contribution in [0.3, 0.4) is 0 Å². The van der Waals surface area contributed by atoms with Crippen LogP contribution in [0.4, 0.5) is 0 Å². The molecule has 0 unspecified atom stereocenters. The lowest BCUT2D eigenvalue weighted by atomic mass is 10.1. The highest BCUT2D eigenvalue weighted by molar-refractivity contribution is 5.93. The lowest BCUT2D eigenvalue weighted by molar-refractivity contribution is 0.0914. The summed E-state index contributed by atoms with van der Waals surface area (Å²) < 4.78 is 5.47. The molecule has 4 nitrogen and oxygen atoms in total. The van der Waals surface area contributed by atoms with Crippen molar-refractivity contribution in [2.24, 2.45) is 0 Å². The fourth-order valence-electron chi connectivity index (χ4n) is 1.80. The van der Waals surface area contributed by atoms with Gasteiger partial charge in [-0.05, 0) is 43.7 Å². The van der Waals surface area contributed by atoms with Crippen LogP contribution in [-0.4, -0.2) is 12.6 Å². The summed E-state index contributed by atoms with van der Waals surface area (Å²) in [6, 6.07) is 15.1. The monoisotopic (exact) mass is 270 g/mol. The standard InChI is InChI=1S/C16H18N2O2/c1-12-5-3-7-14(9-12)16(19)18-17-11-20-15-8-4-6-13(2)10-15/h3-10,17H,11H2,1-2H3,(H,18,19). The van der Waals surface area contributed by atoms with E-state index in [1.807, 2.05) is 56.3 Å². The third-order valence-electron chi connectivity index (χ3n) is 2.78. The second kappa shape index (κ2) is 6.73. The molecule has 0 aliphatic carbocycles. The molecule has 0 heterocycles. The summed E-state index contributed by atoms with van der Waals surface area (Å²) in [5, 5.41) is 0. The fraction of sp³-hybridized carbons (Fsp3) is 0.188. The number of hydrazine groups is 1. The summed E-state index contributed by atoms with van der Waals surface area (Å²) in [4.78, 5) is 11.8. The first-order chi connectivity index (χ1) is 9.65. The van der Waals surface area contributed by atoms with Crippen LogP contribution in [0, 0.1) is 13.8 Å².